The first-order valence-corrected chi connectivity index (χ1v) is 9.12. The van der Waals surface area contributed by atoms with Gasteiger partial charge in [-0.05, 0) is 31.2 Å². The predicted octanol–water partition coefficient (Wildman–Crippen LogP) is 2.87. The molecule has 0 bridgehead atoms. The number of para-hydroxylation sites is 1. The molecule has 2 amide bonds. The van der Waals surface area contributed by atoms with Crippen molar-refractivity contribution in [3.63, 3.8) is 0 Å². The molecule has 2 fully saturated rings. The number of nitrogens with one attached hydrogen (secondary N) is 1. The number of carbonyl (C=O) groups is 2. The second-order valence-corrected chi connectivity index (χ2v) is 7.76. The summed E-state index contributed by atoms with van der Waals surface area (Å²) in [5.41, 5.74) is 0.993. The monoisotopic (exact) mass is 339 g/mol. The second kappa shape index (κ2) is 5.61. The zero-order chi connectivity index (χ0) is 17.8. The number of fused-ring (bicyclic) bond motifs is 2. The van der Waals surface area contributed by atoms with E-state index in [1.54, 1.807) is 11.9 Å². The number of aromatic amines is 1. The molecule has 1 N–H and O–H groups in total. The Bertz CT molecular complexity index is 840. The maximum atomic E-state index is 13.7. The molecule has 132 valence electrons. The van der Waals surface area contributed by atoms with Gasteiger partial charge in [0.2, 0.25) is 5.91 Å². The molecule has 0 saturated carbocycles. The number of amides is 2. The highest BCUT2D eigenvalue weighted by atomic mass is 16.2. The molecule has 4 rings (SSSR count). The van der Waals surface area contributed by atoms with Gasteiger partial charge in [0.05, 0.1) is 0 Å². The lowest BCUT2D eigenvalue weighted by Gasteiger charge is -2.50. The van der Waals surface area contributed by atoms with Gasteiger partial charge in [-0.2, -0.15) is 0 Å². The summed E-state index contributed by atoms with van der Waals surface area (Å²) in [6.45, 7) is 4.90. The molecule has 0 spiro atoms. The summed E-state index contributed by atoms with van der Waals surface area (Å²) in [4.78, 5) is 33.6. The number of piperazine rings is 1. The molecule has 2 unspecified atom stereocenters. The summed E-state index contributed by atoms with van der Waals surface area (Å²) in [5, 5.41) is 1.02. The minimum absolute atomic E-state index is 0.0723. The molecule has 0 aliphatic carbocycles. The quantitative estimate of drug-likeness (QED) is 0.935. The lowest BCUT2D eigenvalue weighted by Crippen LogP contribution is -2.67. The summed E-state index contributed by atoms with van der Waals surface area (Å²) in [5.74, 6) is 0.436. The van der Waals surface area contributed by atoms with Crippen molar-refractivity contribution in [2.75, 3.05) is 13.6 Å². The van der Waals surface area contributed by atoms with Gasteiger partial charge in [-0.3, -0.25) is 9.59 Å². The van der Waals surface area contributed by atoms with Crippen molar-refractivity contribution < 1.29 is 9.59 Å². The Morgan fingerprint density at radius 3 is 2.80 bits per heavy atom. The van der Waals surface area contributed by atoms with Crippen LogP contribution in [0.3, 0.4) is 0 Å². The molecule has 5 nitrogen and oxygen atoms in total. The van der Waals surface area contributed by atoms with Gasteiger partial charge in [0.1, 0.15) is 11.6 Å². The number of benzene rings is 1. The van der Waals surface area contributed by atoms with E-state index in [0.717, 1.165) is 29.3 Å². The molecule has 2 aliphatic heterocycles. The maximum Gasteiger partial charge on any atom is 0.253 e. The number of H-pyrrole nitrogens is 1. The number of hydrogen-bond donors (Lipinski definition) is 1. The standard InChI is InChI=1S/C20H25N3O2/c1-13(2)11-20(15-12-21-16-8-5-4-7-14(15)16)19(25)23-10-6-9-17(23)18(24)22(20)3/h4-5,7-8,12-13,17,21H,6,9-11H2,1-3H3. The fourth-order valence-electron chi connectivity index (χ4n) is 4.69. The van der Waals surface area contributed by atoms with Gasteiger partial charge < -0.3 is 14.8 Å². The first kappa shape index (κ1) is 16.2. The van der Waals surface area contributed by atoms with Gasteiger partial charge in [-0.25, -0.2) is 0 Å². The Kier molecular flexibility index (Phi) is 3.63. The molecular weight excluding hydrogens is 314 g/mol. The average molecular weight is 339 g/mol. The molecular formula is C20H25N3O2. The largest absolute Gasteiger partial charge is 0.361 e. The van der Waals surface area contributed by atoms with Crippen LogP contribution in [0.25, 0.3) is 10.9 Å². The minimum Gasteiger partial charge on any atom is -0.361 e. The maximum absolute atomic E-state index is 13.7. The Balaban J connectivity index is 1.95. The summed E-state index contributed by atoms with van der Waals surface area (Å²) in [7, 11) is 1.81. The lowest BCUT2D eigenvalue weighted by molar-refractivity contribution is -0.168. The van der Waals surface area contributed by atoms with Crippen molar-refractivity contribution in [1.29, 1.82) is 0 Å². The van der Waals surface area contributed by atoms with Crippen LogP contribution < -0.4 is 0 Å². The number of nitrogens with zero attached hydrogens (tertiary/aromatic N) is 2. The van der Waals surface area contributed by atoms with Gasteiger partial charge in [0, 0.05) is 36.3 Å². The summed E-state index contributed by atoms with van der Waals surface area (Å²) < 4.78 is 0. The molecule has 2 aliphatic rings. The first-order chi connectivity index (χ1) is 12.0. The Labute approximate surface area is 148 Å². The van der Waals surface area contributed by atoms with E-state index in [4.69, 9.17) is 0 Å². The van der Waals surface area contributed by atoms with Gasteiger partial charge in [0.25, 0.3) is 5.91 Å². The van der Waals surface area contributed by atoms with Crippen LogP contribution in [-0.4, -0.2) is 46.2 Å². The number of rotatable bonds is 3. The zero-order valence-corrected chi connectivity index (χ0v) is 15.1. The van der Waals surface area contributed by atoms with Crippen LogP contribution in [0.1, 0.15) is 38.7 Å². The van der Waals surface area contributed by atoms with Crippen molar-refractivity contribution in [3.8, 4) is 0 Å². The van der Waals surface area contributed by atoms with E-state index in [1.807, 2.05) is 35.4 Å². The van der Waals surface area contributed by atoms with Crippen LogP contribution in [0.15, 0.2) is 30.5 Å². The smallest absolute Gasteiger partial charge is 0.253 e. The highest BCUT2D eigenvalue weighted by molar-refractivity contribution is 6.03. The van der Waals surface area contributed by atoms with Crippen LogP contribution in [-0.2, 0) is 15.1 Å². The highest BCUT2D eigenvalue weighted by Gasteiger charge is 2.57. The molecule has 1 aromatic carbocycles. The van der Waals surface area contributed by atoms with Gasteiger partial charge in [-0.15, -0.1) is 0 Å². The predicted molar refractivity (Wildman–Crippen MR) is 96.9 cm³/mol. The molecule has 2 atom stereocenters. The van der Waals surface area contributed by atoms with Gasteiger partial charge in [-0.1, -0.05) is 32.0 Å². The van der Waals surface area contributed by atoms with Gasteiger partial charge in [0.15, 0.2) is 0 Å². The van der Waals surface area contributed by atoms with Crippen LogP contribution in [0, 0.1) is 5.92 Å². The normalized spacial score (nSPS) is 26.8. The summed E-state index contributed by atoms with van der Waals surface area (Å²) >= 11 is 0. The first-order valence-electron chi connectivity index (χ1n) is 9.12. The van der Waals surface area contributed by atoms with Crippen LogP contribution >= 0.6 is 0 Å². The number of carbonyl (C=O) groups excluding carboxylic acids is 2. The molecule has 2 saturated heterocycles. The van der Waals surface area contributed by atoms with Crippen LogP contribution in [0.5, 0.6) is 0 Å². The van der Waals surface area contributed by atoms with E-state index in [2.05, 4.69) is 18.8 Å². The fraction of sp³-hybridized carbons (Fsp3) is 0.500. The second-order valence-electron chi connectivity index (χ2n) is 7.76. The zero-order valence-electron chi connectivity index (χ0n) is 15.1. The van der Waals surface area contributed by atoms with E-state index in [1.165, 1.54) is 0 Å². The number of aromatic nitrogens is 1. The third kappa shape index (κ3) is 2.14. The lowest BCUT2D eigenvalue weighted by atomic mass is 9.77. The van der Waals surface area contributed by atoms with Crippen molar-refractivity contribution >= 4 is 22.7 Å². The summed E-state index contributed by atoms with van der Waals surface area (Å²) in [6.07, 6.45) is 4.23. The average Bonchev–Trinajstić information content (AvgIpc) is 3.23. The summed E-state index contributed by atoms with van der Waals surface area (Å²) in [6, 6.07) is 7.73. The minimum atomic E-state index is -0.925. The fourth-order valence-corrected chi connectivity index (χ4v) is 4.69. The third-order valence-electron chi connectivity index (χ3n) is 5.79. The highest BCUT2D eigenvalue weighted by Crippen LogP contribution is 2.44. The molecule has 25 heavy (non-hydrogen) atoms. The molecule has 0 radical (unpaired) electrons. The van der Waals surface area contributed by atoms with Crippen molar-refractivity contribution in [1.82, 2.24) is 14.8 Å². The third-order valence-corrected chi connectivity index (χ3v) is 5.79. The Morgan fingerprint density at radius 1 is 1.28 bits per heavy atom. The Morgan fingerprint density at radius 2 is 2.04 bits per heavy atom. The van der Waals surface area contributed by atoms with E-state index < -0.39 is 5.54 Å². The Hall–Kier alpha value is -2.30. The van der Waals surface area contributed by atoms with Crippen molar-refractivity contribution in [2.24, 2.45) is 5.92 Å². The van der Waals surface area contributed by atoms with Crippen LogP contribution in [0.4, 0.5) is 0 Å². The molecule has 3 heterocycles. The van der Waals surface area contributed by atoms with E-state index in [-0.39, 0.29) is 23.8 Å². The van der Waals surface area contributed by atoms with Crippen molar-refractivity contribution in [3.05, 3.63) is 36.0 Å². The van der Waals surface area contributed by atoms with E-state index in [9.17, 15) is 9.59 Å². The number of hydrogen-bond acceptors (Lipinski definition) is 2. The van der Waals surface area contributed by atoms with E-state index >= 15 is 0 Å². The van der Waals surface area contributed by atoms with Crippen molar-refractivity contribution in [2.45, 2.75) is 44.7 Å². The van der Waals surface area contributed by atoms with Crippen LogP contribution in [0.2, 0.25) is 0 Å². The molecule has 5 heteroatoms. The van der Waals surface area contributed by atoms with E-state index in [0.29, 0.717) is 13.0 Å². The molecule has 2 aromatic rings. The SMILES string of the molecule is CC(C)CC1(c2c[nH]c3ccccc23)C(=O)N2CCCC2C(=O)N1C. The number of likely N-dealkylation sites (N-methyl/N-ethyl adjacent to an activating group) is 1. The topological polar surface area (TPSA) is 56.4 Å². The van der Waals surface area contributed by atoms with Gasteiger partial charge >= 0.3 is 0 Å². The molecule has 1 aromatic heterocycles.